The second-order valence-corrected chi connectivity index (χ2v) is 3.23. The van der Waals surface area contributed by atoms with Gasteiger partial charge in [-0.05, 0) is 13.0 Å². The van der Waals surface area contributed by atoms with Crippen LogP contribution in [0, 0.1) is 0 Å². The minimum absolute atomic E-state index is 0.179. The molecule has 74 valence electrons. The number of ether oxygens (including phenoxy) is 1. The lowest BCUT2D eigenvalue weighted by Gasteiger charge is -2.23. The number of amides is 1. The maximum absolute atomic E-state index is 11.2. The van der Waals surface area contributed by atoms with E-state index in [9.17, 15) is 4.79 Å². The summed E-state index contributed by atoms with van der Waals surface area (Å²) in [4.78, 5) is 11.2. The van der Waals surface area contributed by atoms with Gasteiger partial charge in [-0.2, -0.15) is 0 Å². The molecule has 0 fully saturated rings. The first-order valence-corrected chi connectivity index (χ1v) is 4.24. The zero-order chi connectivity index (χ0) is 10.3. The van der Waals surface area contributed by atoms with Gasteiger partial charge >= 0.3 is 0 Å². The van der Waals surface area contributed by atoms with E-state index in [0.29, 0.717) is 22.8 Å². The van der Waals surface area contributed by atoms with Crippen LogP contribution in [0.3, 0.4) is 0 Å². The Balaban J connectivity index is 2.47. The van der Waals surface area contributed by atoms with Crippen LogP contribution in [-0.4, -0.2) is 12.0 Å². The topological polar surface area (TPSA) is 90.4 Å². The highest BCUT2D eigenvalue weighted by atomic mass is 16.5. The Morgan fingerprint density at radius 2 is 2.00 bits per heavy atom. The summed E-state index contributed by atoms with van der Waals surface area (Å²) in [6.45, 7) is 1.67. The van der Waals surface area contributed by atoms with E-state index in [1.807, 2.05) is 0 Å². The maximum atomic E-state index is 11.2. The van der Waals surface area contributed by atoms with Gasteiger partial charge in [-0.15, -0.1) is 0 Å². The Bertz CT molecular complexity index is 403. The molecule has 5 nitrogen and oxygen atoms in total. The number of rotatable bonds is 0. The van der Waals surface area contributed by atoms with E-state index in [4.69, 9.17) is 16.2 Å². The Hall–Kier alpha value is -1.91. The van der Waals surface area contributed by atoms with Crippen molar-refractivity contribution < 1.29 is 9.53 Å². The van der Waals surface area contributed by atoms with Crippen LogP contribution in [0.25, 0.3) is 0 Å². The predicted molar refractivity (Wildman–Crippen MR) is 54.0 cm³/mol. The van der Waals surface area contributed by atoms with E-state index in [1.54, 1.807) is 19.1 Å². The number of carbonyl (C=O) groups excluding carboxylic acids is 1. The molecule has 0 saturated carbocycles. The van der Waals surface area contributed by atoms with Gasteiger partial charge in [0.05, 0.1) is 17.1 Å². The number of benzene rings is 1. The fraction of sp³-hybridized carbons (Fsp3) is 0.222. The predicted octanol–water partition coefficient (Wildman–Crippen LogP) is 0.570. The van der Waals surface area contributed by atoms with Crippen LogP contribution in [0.1, 0.15) is 6.92 Å². The highest BCUT2D eigenvalue weighted by molar-refractivity contribution is 5.98. The van der Waals surface area contributed by atoms with Gasteiger partial charge < -0.3 is 21.5 Å². The fourth-order valence-electron chi connectivity index (χ4n) is 1.29. The summed E-state index contributed by atoms with van der Waals surface area (Å²) in [6.07, 6.45) is -0.495. The van der Waals surface area contributed by atoms with Crippen molar-refractivity contribution in [3.8, 4) is 5.75 Å². The van der Waals surface area contributed by atoms with Crippen molar-refractivity contribution in [2.45, 2.75) is 13.0 Å². The molecule has 0 saturated heterocycles. The average Bonchev–Trinajstić information content (AvgIpc) is 2.11. The highest BCUT2D eigenvalue weighted by Gasteiger charge is 2.23. The van der Waals surface area contributed by atoms with E-state index in [-0.39, 0.29) is 5.91 Å². The average molecular weight is 193 g/mol. The molecule has 1 atom stereocenters. The van der Waals surface area contributed by atoms with Crippen molar-refractivity contribution in [3.05, 3.63) is 12.1 Å². The van der Waals surface area contributed by atoms with Crippen molar-refractivity contribution in [1.29, 1.82) is 0 Å². The molecule has 2 rings (SSSR count). The molecule has 0 spiro atoms. The van der Waals surface area contributed by atoms with Crippen LogP contribution in [0.2, 0.25) is 0 Å². The third-order valence-corrected chi connectivity index (χ3v) is 2.12. The molecular formula is C9H11N3O2. The van der Waals surface area contributed by atoms with E-state index in [2.05, 4.69) is 5.32 Å². The third kappa shape index (κ3) is 1.22. The van der Waals surface area contributed by atoms with Crippen molar-refractivity contribution in [2.24, 2.45) is 0 Å². The number of hydrogen-bond donors (Lipinski definition) is 3. The zero-order valence-electron chi connectivity index (χ0n) is 7.70. The van der Waals surface area contributed by atoms with Crippen molar-refractivity contribution in [2.75, 3.05) is 16.8 Å². The smallest absolute Gasteiger partial charge is 0.265 e. The summed E-state index contributed by atoms with van der Waals surface area (Å²) in [5, 5.41) is 2.68. The third-order valence-electron chi connectivity index (χ3n) is 2.12. The van der Waals surface area contributed by atoms with Crippen molar-refractivity contribution in [3.63, 3.8) is 0 Å². The lowest BCUT2D eigenvalue weighted by molar-refractivity contribution is -0.122. The number of carbonyl (C=O) groups is 1. The van der Waals surface area contributed by atoms with Crippen LogP contribution in [0.5, 0.6) is 5.75 Å². The molecule has 0 radical (unpaired) electrons. The lowest BCUT2D eigenvalue weighted by Crippen LogP contribution is -2.34. The van der Waals surface area contributed by atoms with Crippen LogP contribution in [0.4, 0.5) is 17.1 Å². The summed E-state index contributed by atoms with van der Waals surface area (Å²) in [5.74, 6) is 0.380. The SMILES string of the molecule is CC1Oc2cc(N)c(N)cc2NC1=O. The lowest BCUT2D eigenvalue weighted by atomic mass is 10.2. The molecule has 5 heteroatoms. The number of nitrogen functional groups attached to an aromatic ring is 2. The Morgan fingerprint density at radius 3 is 2.71 bits per heavy atom. The summed E-state index contributed by atoms with van der Waals surface area (Å²) in [7, 11) is 0. The largest absolute Gasteiger partial charge is 0.479 e. The Morgan fingerprint density at radius 1 is 1.36 bits per heavy atom. The molecular weight excluding hydrogens is 182 g/mol. The first-order valence-electron chi connectivity index (χ1n) is 4.24. The molecule has 0 aromatic heterocycles. The van der Waals surface area contributed by atoms with Gasteiger partial charge in [0.2, 0.25) is 0 Å². The monoisotopic (exact) mass is 193 g/mol. The first-order chi connectivity index (χ1) is 6.58. The van der Waals surface area contributed by atoms with Crippen molar-refractivity contribution >= 4 is 23.0 Å². The molecule has 1 aromatic rings. The van der Waals surface area contributed by atoms with Gasteiger partial charge in [0.15, 0.2) is 6.10 Å². The van der Waals surface area contributed by atoms with E-state index >= 15 is 0 Å². The number of hydrogen-bond acceptors (Lipinski definition) is 4. The number of nitrogens with one attached hydrogen (secondary N) is 1. The van der Waals surface area contributed by atoms with Gasteiger partial charge in [0, 0.05) is 6.07 Å². The minimum atomic E-state index is -0.495. The van der Waals surface area contributed by atoms with Gasteiger partial charge in [-0.3, -0.25) is 4.79 Å². The standard InChI is InChI=1S/C9H11N3O2/c1-4-9(13)12-7-2-5(10)6(11)3-8(7)14-4/h2-4H,10-11H2,1H3,(H,12,13). The molecule has 5 N–H and O–H groups in total. The Kier molecular flexibility index (Phi) is 1.73. The molecule has 0 bridgehead atoms. The van der Waals surface area contributed by atoms with Gasteiger partial charge in [-0.25, -0.2) is 0 Å². The zero-order valence-corrected chi connectivity index (χ0v) is 7.70. The van der Waals surface area contributed by atoms with E-state index < -0.39 is 6.10 Å². The molecule has 0 aliphatic carbocycles. The van der Waals surface area contributed by atoms with Crippen LogP contribution in [0.15, 0.2) is 12.1 Å². The number of fused-ring (bicyclic) bond motifs is 1. The molecule has 14 heavy (non-hydrogen) atoms. The number of nitrogens with two attached hydrogens (primary N) is 2. The summed E-state index contributed by atoms with van der Waals surface area (Å²) >= 11 is 0. The highest BCUT2D eigenvalue weighted by Crippen LogP contribution is 2.34. The quantitative estimate of drug-likeness (QED) is 0.525. The summed E-state index contributed by atoms with van der Waals surface area (Å²) in [5.41, 5.74) is 12.7. The molecule has 1 aromatic carbocycles. The van der Waals surface area contributed by atoms with Gasteiger partial charge in [0.1, 0.15) is 5.75 Å². The molecule has 1 heterocycles. The Labute approximate surface area is 81.0 Å². The van der Waals surface area contributed by atoms with Crippen LogP contribution < -0.4 is 21.5 Å². The number of anilines is 3. The molecule has 1 amide bonds. The summed E-state index contributed by atoms with van der Waals surface area (Å²) < 4.78 is 5.33. The molecule has 1 aliphatic rings. The van der Waals surface area contributed by atoms with E-state index in [1.165, 1.54) is 0 Å². The molecule has 1 unspecified atom stereocenters. The van der Waals surface area contributed by atoms with Crippen LogP contribution >= 0.6 is 0 Å². The maximum Gasteiger partial charge on any atom is 0.265 e. The van der Waals surface area contributed by atoms with Gasteiger partial charge in [-0.1, -0.05) is 0 Å². The normalized spacial score (nSPS) is 19.5. The van der Waals surface area contributed by atoms with Crippen molar-refractivity contribution in [1.82, 2.24) is 0 Å². The molecule has 1 aliphatic heterocycles. The van der Waals surface area contributed by atoms with Gasteiger partial charge in [0.25, 0.3) is 5.91 Å². The summed E-state index contributed by atoms with van der Waals surface area (Å²) in [6, 6.07) is 3.20. The minimum Gasteiger partial charge on any atom is -0.479 e. The second-order valence-electron chi connectivity index (χ2n) is 3.23. The van der Waals surface area contributed by atoms with Crippen LogP contribution in [-0.2, 0) is 4.79 Å². The second kappa shape index (κ2) is 2.80. The first kappa shape index (κ1) is 8.68. The fourth-order valence-corrected chi connectivity index (χ4v) is 1.29. The van der Waals surface area contributed by atoms with E-state index in [0.717, 1.165) is 0 Å².